The van der Waals surface area contributed by atoms with Crippen LogP contribution >= 0.6 is 0 Å². The highest BCUT2D eigenvalue weighted by Gasteiger charge is 2.29. The Bertz CT molecular complexity index is 117. The van der Waals surface area contributed by atoms with E-state index in [4.69, 9.17) is 0 Å². The van der Waals surface area contributed by atoms with Crippen molar-refractivity contribution in [3.05, 3.63) is 12.7 Å². The van der Waals surface area contributed by atoms with E-state index in [1.165, 1.54) is 0 Å². The van der Waals surface area contributed by atoms with Gasteiger partial charge >= 0.3 is 0 Å². The van der Waals surface area contributed by atoms with Crippen molar-refractivity contribution in [1.29, 1.82) is 0 Å². The maximum atomic E-state index is 12.1. The number of rotatable bonds is 5. The maximum absolute atomic E-state index is 12.1. The zero-order chi connectivity index (χ0) is 8.85. The number of hydrogen-bond acceptors (Lipinski definition) is 1. The maximum Gasteiger partial charge on any atom is 0.274 e. The Morgan fingerprint density at radius 1 is 1.27 bits per heavy atom. The molecule has 0 heterocycles. The summed E-state index contributed by atoms with van der Waals surface area (Å²) in [6, 6.07) is 0. The first kappa shape index (κ1) is 10.4. The molecule has 0 aromatic heterocycles. The summed E-state index contributed by atoms with van der Waals surface area (Å²) in [6.07, 6.45) is -7.66. The molecular weight excluding hydrogens is 164 g/mol. The van der Waals surface area contributed by atoms with Gasteiger partial charge in [0.05, 0.1) is 6.61 Å². The van der Waals surface area contributed by atoms with Crippen LogP contribution in [0.2, 0.25) is 0 Å². The molecule has 66 valence electrons. The van der Waals surface area contributed by atoms with Gasteiger partial charge < -0.3 is 4.74 Å². The van der Waals surface area contributed by atoms with Gasteiger partial charge in [0.25, 0.3) is 6.43 Å². The Morgan fingerprint density at radius 2 is 1.82 bits per heavy atom. The van der Waals surface area contributed by atoms with E-state index >= 15 is 0 Å². The van der Waals surface area contributed by atoms with E-state index in [-0.39, 0.29) is 6.61 Å². The lowest BCUT2D eigenvalue weighted by atomic mass is 10.4. The topological polar surface area (TPSA) is 9.23 Å². The van der Waals surface area contributed by atoms with E-state index in [9.17, 15) is 17.6 Å². The molecule has 5 heteroatoms. The Hall–Kier alpha value is -0.580. The minimum absolute atomic E-state index is 0.283. The minimum Gasteiger partial charge on any atom is -0.342 e. The molecule has 0 aliphatic carbocycles. The summed E-state index contributed by atoms with van der Waals surface area (Å²) in [6.45, 7) is 2.85. The molecule has 0 rings (SSSR count). The standard InChI is InChI=1S/C6H8F4O/c1-2-3-11-6(10)4(7)5(8)9/h2,4-6H,1,3H2. The van der Waals surface area contributed by atoms with Crippen molar-refractivity contribution >= 4 is 0 Å². The highest BCUT2D eigenvalue weighted by molar-refractivity contribution is 4.67. The van der Waals surface area contributed by atoms with Crippen LogP contribution in [-0.4, -0.2) is 25.6 Å². The van der Waals surface area contributed by atoms with Crippen molar-refractivity contribution in [2.45, 2.75) is 19.0 Å². The summed E-state index contributed by atoms with van der Waals surface area (Å²) in [5, 5.41) is 0. The van der Waals surface area contributed by atoms with Crippen LogP contribution in [0.25, 0.3) is 0 Å². The Labute approximate surface area is 61.7 Å². The number of halogens is 4. The van der Waals surface area contributed by atoms with Gasteiger partial charge in [0, 0.05) is 0 Å². The van der Waals surface area contributed by atoms with Gasteiger partial charge in [-0.3, -0.25) is 0 Å². The van der Waals surface area contributed by atoms with E-state index in [1.807, 2.05) is 0 Å². The van der Waals surface area contributed by atoms with E-state index in [0.717, 1.165) is 6.08 Å². The van der Waals surface area contributed by atoms with E-state index in [1.54, 1.807) is 0 Å². The van der Waals surface area contributed by atoms with Crippen molar-refractivity contribution in [3.63, 3.8) is 0 Å². The molecule has 0 aromatic carbocycles. The molecule has 0 N–H and O–H groups in total. The fourth-order valence-electron chi connectivity index (χ4n) is 0.366. The Morgan fingerprint density at radius 3 is 2.18 bits per heavy atom. The van der Waals surface area contributed by atoms with Crippen LogP contribution < -0.4 is 0 Å². The van der Waals surface area contributed by atoms with E-state index in [2.05, 4.69) is 11.3 Å². The molecule has 11 heavy (non-hydrogen) atoms. The van der Waals surface area contributed by atoms with Crippen molar-refractivity contribution in [2.24, 2.45) is 0 Å². The molecule has 0 spiro atoms. The first-order valence-corrected chi connectivity index (χ1v) is 2.88. The van der Waals surface area contributed by atoms with Gasteiger partial charge in [0.2, 0.25) is 12.5 Å². The molecule has 0 aliphatic heterocycles. The lowest BCUT2D eigenvalue weighted by Crippen LogP contribution is -2.27. The normalized spacial score (nSPS) is 16.5. The van der Waals surface area contributed by atoms with E-state index in [0.29, 0.717) is 0 Å². The summed E-state index contributed by atoms with van der Waals surface area (Å²) >= 11 is 0. The van der Waals surface area contributed by atoms with Crippen LogP contribution in [0.3, 0.4) is 0 Å². The summed E-state index contributed by atoms with van der Waals surface area (Å²) < 4.78 is 50.8. The lowest BCUT2D eigenvalue weighted by molar-refractivity contribution is -0.120. The predicted molar refractivity (Wildman–Crippen MR) is 31.9 cm³/mol. The van der Waals surface area contributed by atoms with Gasteiger partial charge in [-0.1, -0.05) is 6.08 Å². The smallest absolute Gasteiger partial charge is 0.274 e. The van der Waals surface area contributed by atoms with Gasteiger partial charge in [0.15, 0.2) is 0 Å². The third kappa shape index (κ3) is 3.98. The zero-order valence-electron chi connectivity index (χ0n) is 5.64. The fourth-order valence-corrected chi connectivity index (χ4v) is 0.366. The summed E-state index contributed by atoms with van der Waals surface area (Å²) in [5.74, 6) is 0. The molecule has 0 radical (unpaired) electrons. The second kappa shape index (κ2) is 5.12. The monoisotopic (exact) mass is 172 g/mol. The summed E-state index contributed by atoms with van der Waals surface area (Å²) in [4.78, 5) is 0. The van der Waals surface area contributed by atoms with Crippen molar-refractivity contribution in [2.75, 3.05) is 6.61 Å². The molecule has 0 bridgehead atoms. The molecule has 0 saturated heterocycles. The van der Waals surface area contributed by atoms with Crippen molar-refractivity contribution < 1.29 is 22.3 Å². The van der Waals surface area contributed by atoms with Crippen LogP contribution in [-0.2, 0) is 4.74 Å². The van der Waals surface area contributed by atoms with Crippen molar-refractivity contribution in [3.8, 4) is 0 Å². The highest BCUT2D eigenvalue weighted by Crippen LogP contribution is 2.13. The quantitative estimate of drug-likeness (QED) is 0.455. The Balaban J connectivity index is 3.63. The molecule has 0 amide bonds. The molecule has 0 aromatic rings. The first-order valence-electron chi connectivity index (χ1n) is 2.88. The van der Waals surface area contributed by atoms with Crippen LogP contribution in [0.5, 0.6) is 0 Å². The molecular formula is C6H8F4O. The third-order valence-electron chi connectivity index (χ3n) is 0.864. The second-order valence-corrected chi connectivity index (χ2v) is 1.75. The predicted octanol–water partition coefficient (Wildman–Crippen LogP) is 2.09. The van der Waals surface area contributed by atoms with Crippen molar-refractivity contribution in [1.82, 2.24) is 0 Å². The number of alkyl halides is 4. The molecule has 2 unspecified atom stereocenters. The second-order valence-electron chi connectivity index (χ2n) is 1.75. The molecule has 2 atom stereocenters. The third-order valence-corrected chi connectivity index (χ3v) is 0.864. The van der Waals surface area contributed by atoms with Gasteiger partial charge in [-0.2, -0.15) is 0 Å². The average Bonchev–Trinajstić information content (AvgIpc) is 1.98. The molecule has 0 fully saturated rings. The molecule has 0 aliphatic rings. The minimum atomic E-state index is -3.35. The average molecular weight is 172 g/mol. The van der Waals surface area contributed by atoms with Crippen LogP contribution in [0, 0.1) is 0 Å². The zero-order valence-corrected chi connectivity index (χ0v) is 5.64. The highest BCUT2D eigenvalue weighted by atomic mass is 19.3. The SMILES string of the molecule is C=CCOC(F)C(F)C(F)F. The van der Waals surface area contributed by atoms with Crippen LogP contribution in [0.15, 0.2) is 12.7 Å². The van der Waals surface area contributed by atoms with E-state index < -0.39 is 19.0 Å². The first-order chi connectivity index (χ1) is 5.09. The number of ether oxygens (including phenoxy) is 1. The largest absolute Gasteiger partial charge is 0.342 e. The van der Waals surface area contributed by atoms with Crippen LogP contribution in [0.4, 0.5) is 17.6 Å². The Kier molecular flexibility index (Phi) is 4.85. The van der Waals surface area contributed by atoms with Gasteiger partial charge in [0.1, 0.15) is 0 Å². The summed E-state index contributed by atoms with van der Waals surface area (Å²) in [5.41, 5.74) is 0. The molecule has 1 nitrogen and oxygen atoms in total. The fraction of sp³-hybridized carbons (Fsp3) is 0.667. The summed E-state index contributed by atoms with van der Waals surface area (Å²) in [7, 11) is 0. The lowest BCUT2D eigenvalue weighted by Gasteiger charge is -2.11. The number of hydrogen-bond donors (Lipinski definition) is 0. The van der Waals surface area contributed by atoms with Gasteiger partial charge in [-0.05, 0) is 0 Å². The van der Waals surface area contributed by atoms with Gasteiger partial charge in [-0.25, -0.2) is 17.6 Å². The van der Waals surface area contributed by atoms with Gasteiger partial charge in [-0.15, -0.1) is 6.58 Å². The van der Waals surface area contributed by atoms with Crippen LogP contribution in [0.1, 0.15) is 0 Å². The molecule has 0 saturated carbocycles.